The summed E-state index contributed by atoms with van der Waals surface area (Å²) in [4.78, 5) is 17.8. The molecule has 3 heterocycles. The van der Waals surface area contributed by atoms with E-state index in [0.717, 1.165) is 47.7 Å². The van der Waals surface area contributed by atoms with Crippen molar-refractivity contribution in [2.75, 3.05) is 18.9 Å². The molecule has 0 bridgehead atoms. The molecule has 0 radical (unpaired) electrons. The minimum Gasteiger partial charge on any atom is -0.311 e. The van der Waals surface area contributed by atoms with Crippen LogP contribution in [0.15, 0.2) is 42.6 Å². The molecule has 2 aromatic heterocycles. The molecule has 6 nitrogen and oxygen atoms in total. The zero-order valence-corrected chi connectivity index (χ0v) is 15.2. The first kappa shape index (κ1) is 17.4. The summed E-state index contributed by atoms with van der Waals surface area (Å²) in [6, 6.07) is 10.1. The molecule has 0 saturated carbocycles. The molecule has 1 aliphatic heterocycles. The van der Waals surface area contributed by atoms with E-state index >= 15 is 0 Å². The number of hydrogen-bond acceptors (Lipinski definition) is 4. The van der Waals surface area contributed by atoms with Crippen molar-refractivity contribution in [3.05, 3.63) is 54.1 Å². The van der Waals surface area contributed by atoms with Gasteiger partial charge in [0.05, 0.1) is 12.2 Å². The lowest BCUT2D eigenvalue weighted by Crippen LogP contribution is -2.30. The molecule has 0 saturated heterocycles. The third-order valence-corrected chi connectivity index (χ3v) is 4.64. The van der Waals surface area contributed by atoms with Crippen molar-refractivity contribution in [2.24, 2.45) is 0 Å². The average molecular weight is 365 g/mol. The minimum atomic E-state index is -0.277. The van der Waals surface area contributed by atoms with E-state index in [0.29, 0.717) is 5.82 Å². The molecule has 0 spiro atoms. The Morgan fingerprint density at radius 1 is 1.15 bits per heavy atom. The highest BCUT2D eigenvalue weighted by Gasteiger charge is 2.24. The highest BCUT2D eigenvalue weighted by atomic mass is 19.1. The first-order chi connectivity index (χ1) is 13.0. The van der Waals surface area contributed by atoms with Gasteiger partial charge >= 0.3 is 0 Å². The Labute approximate surface area is 156 Å². The molecule has 0 aliphatic carbocycles. The van der Waals surface area contributed by atoms with Gasteiger partial charge in [-0.2, -0.15) is 5.10 Å². The van der Waals surface area contributed by atoms with Crippen molar-refractivity contribution in [3.63, 3.8) is 0 Å². The lowest BCUT2D eigenvalue weighted by atomic mass is 9.98. The second-order valence-electron chi connectivity index (χ2n) is 6.75. The number of carbonyl (C=O) groups is 1. The van der Waals surface area contributed by atoms with Gasteiger partial charge in [0.2, 0.25) is 5.91 Å². The van der Waals surface area contributed by atoms with Crippen LogP contribution in [0.1, 0.15) is 12.6 Å². The monoisotopic (exact) mass is 365 g/mol. The van der Waals surface area contributed by atoms with Crippen LogP contribution in [0.3, 0.4) is 0 Å². The molecule has 3 aromatic rings. The molecule has 1 amide bonds. The maximum Gasteiger partial charge on any atom is 0.222 e. The fourth-order valence-corrected chi connectivity index (χ4v) is 3.39. The van der Waals surface area contributed by atoms with Crippen LogP contribution < -0.4 is 5.32 Å². The van der Waals surface area contributed by atoms with Crippen LogP contribution in [0.25, 0.3) is 22.4 Å². The summed E-state index contributed by atoms with van der Waals surface area (Å²) in [6.45, 7) is 3.94. The number of halogens is 1. The predicted molar refractivity (Wildman–Crippen MR) is 101 cm³/mol. The van der Waals surface area contributed by atoms with Gasteiger partial charge in [-0.1, -0.05) is 0 Å². The Kier molecular flexibility index (Phi) is 4.45. The number of nitrogens with one attached hydrogen (secondary N) is 1. The van der Waals surface area contributed by atoms with Crippen molar-refractivity contribution < 1.29 is 9.18 Å². The van der Waals surface area contributed by atoms with Gasteiger partial charge in [0.25, 0.3) is 0 Å². The molecule has 1 N–H and O–H groups in total. The maximum absolute atomic E-state index is 13.4. The second kappa shape index (κ2) is 6.92. The van der Waals surface area contributed by atoms with E-state index in [1.54, 1.807) is 18.3 Å². The van der Waals surface area contributed by atoms with Crippen LogP contribution >= 0.6 is 0 Å². The average Bonchev–Trinajstić information content (AvgIpc) is 3.00. The molecule has 7 heteroatoms. The number of amides is 1. The number of rotatable bonds is 3. The number of pyridine rings is 1. The van der Waals surface area contributed by atoms with Crippen LogP contribution in [-0.4, -0.2) is 39.2 Å². The van der Waals surface area contributed by atoms with Gasteiger partial charge in [-0.3, -0.25) is 14.4 Å². The maximum atomic E-state index is 13.4. The summed E-state index contributed by atoms with van der Waals surface area (Å²) < 4.78 is 15.4. The van der Waals surface area contributed by atoms with Gasteiger partial charge < -0.3 is 5.32 Å². The largest absolute Gasteiger partial charge is 0.311 e. The van der Waals surface area contributed by atoms with E-state index < -0.39 is 0 Å². The van der Waals surface area contributed by atoms with E-state index in [1.807, 2.05) is 16.8 Å². The Hall–Kier alpha value is -3.06. The fraction of sp³-hybridized carbons (Fsp3) is 0.250. The third-order valence-electron chi connectivity index (χ3n) is 4.64. The van der Waals surface area contributed by atoms with Gasteiger partial charge in [-0.05, 0) is 49.0 Å². The molecule has 0 unspecified atom stereocenters. The van der Waals surface area contributed by atoms with Crippen molar-refractivity contribution in [3.8, 4) is 22.4 Å². The van der Waals surface area contributed by atoms with E-state index in [4.69, 9.17) is 5.10 Å². The predicted octanol–water partition coefficient (Wildman–Crippen LogP) is 3.16. The topological polar surface area (TPSA) is 63.1 Å². The lowest BCUT2D eigenvalue weighted by molar-refractivity contribution is -0.114. The minimum absolute atomic E-state index is 0.171. The van der Waals surface area contributed by atoms with E-state index in [9.17, 15) is 9.18 Å². The van der Waals surface area contributed by atoms with Crippen molar-refractivity contribution in [1.82, 2.24) is 19.7 Å². The third kappa shape index (κ3) is 3.46. The Bertz CT molecular complexity index is 996. The summed E-state index contributed by atoms with van der Waals surface area (Å²) in [6.07, 6.45) is 1.67. The van der Waals surface area contributed by atoms with Gasteiger partial charge in [0.15, 0.2) is 0 Å². The smallest absolute Gasteiger partial charge is 0.222 e. The number of hydrogen-bond donors (Lipinski definition) is 1. The molecule has 1 aliphatic rings. The second-order valence-corrected chi connectivity index (χ2v) is 6.75. The standard InChI is InChI=1S/C20H20FN5O/c1-13(27)23-18-11-15(7-8-22-18)19-17-12-25(2)9-10-26(17)24-20(19)14-3-5-16(21)6-4-14/h3-8,11H,9-10,12H2,1-2H3,(H,22,23,27). The van der Waals surface area contributed by atoms with Crippen LogP contribution in [0.4, 0.5) is 10.2 Å². The van der Waals surface area contributed by atoms with Gasteiger partial charge in [-0.15, -0.1) is 0 Å². The van der Waals surface area contributed by atoms with Crippen LogP contribution in [0.2, 0.25) is 0 Å². The summed E-state index contributed by atoms with van der Waals surface area (Å²) in [5.74, 6) is 0.0465. The quantitative estimate of drug-likeness (QED) is 0.774. The van der Waals surface area contributed by atoms with E-state index in [2.05, 4.69) is 22.2 Å². The van der Waals surface area contributed by atoms with Gasteiger partial charge in [-0.25, -0.2) is 9.37 Å². The highest BCUT2D eigenvalue weighted by Crippen LogP contribution is 2.36. The van der Waals surface area contributed by atoms with Gasteiger partial charge in [0.1, 0.15) is 17.3 Å². The first-order valence-corrected chi connectivity index (χ1v) is 8.79. The van der Waals surface area contributed by atoms with Gasteiger partial charge in [0, 0.05) is 37.3 Å². The number of aromatic nitrogens is 3. The molecule has 0 atom stereocenters. The number of fused-ring (bicyclic) bond motifs is 1. The van der Waals surface area contributed by atoms with Crippen molar-refractivity contribution in [2.45, 2.75) is 20.0 Å². The van der Waals surface area contributed by atoms with Crippen molar-refractivity contribution >= 4 is 11.7 Å². The number of anilines is 1. The fourth-order valence-electron chi connectivity index (χ4n) is 3.39. The number of carbonyl (C=O) groups excluding carboxylic acids is 1. The number of benzene rings is 1. The molecular formula is C20H20FN5O. The molecule has 27 heavy (non-hydrogen) atoms. The van der Waals surface area contributed by atoms with Crippen LogP contribution in [-0.2, 0) is 17.9 Å². The van der Waals surface area contributed by atoms with Crippen LogP contribution in [0, 0.1) is 5.82 Å². The first-order valence-electron chi connectivity index (χ1n) is 8.79. The molecule has 1 aromatic carbocycles. The summed E-state index contributed by atoms with van der Waals surface area (Å²) in [5, 5.41) is 7.54. The SMILES string of the molecule is CC(=O)Nc1cc(-c2c(-c3ccc(F)cc3)nn3c2CN(C)CC3)ccn1. The number of nitrogens with zero attached hydrogens (tertiary/aromatic N) is 4. The zero-order chi connectivity index (χ0) is 19.0. The molecule has 0 fully saturated rings. The Balaban J connectivity index is 1.89. The van der Waals surface area contributed by atoms with Crippen molar-refractivity contribution in [1.29, 1.82) is 0 Å². The summed E-state index contributed by atoms with van der Waals surface area (Å²) in [7, 11) is 2.08. The normalized spacial score (nSPS) is 14.0. The Morgan fingerprint density at radius 3 is 2.67 bits per heavy atom. The molecule has 4 rings (SSSR count). The summed E-state index contributed by atoms with van der Waals surface area (Å²) in [5.41, 5.74) is 4.67. The van der Waals surface area contributed by atoms with E-state index in [1.165, 1.54) is 19.1 Å². The molecule has 138 valence electrons. The lowest BCUT2D eigenvalue weighted by Gasteiger charge is -2.24. The summed E-state index contributed by atoms with van der Waals surface area (Å²) >= 11 is 0. The highest BCUT2D eigenvalue weighted by molar-refractivity contribution is 5.89. The number of likely N-dealkylation sites (N-methyl/N-ethyl adjacent to an activating group) is 1. The molecular weight excluding hydrogens is 345 g/mol. The van der Waals surface area contributed by atoms with Crippen LogP contribution in [0.5, 0.6) is 0 Å². The Morgan fingerprint density at radius 2 is 1.93 bits per heavy atom. The van der Waals surface area contributed by atoms with E-state index in [-0.39, 0.29) is 11.7 Å². The zero-order valence-electron chi connectivity index (χ0n) is 15.2.